The Morgan fingerprint density at radius 1 is 1.47 bits per heavy atom. The number of nitrogens with two attached hydrogens (primary N) is 1. The molecule has 2 rings (SSSR count). The van der Waals surface area contributed by atoms with Crippen LogP contribution in [0.15, 0.2) is 12.1 Å². The molecule has 0 aromatic carbocycles. The average Bonchev–Trinajstić information content (AvgIpc) is 2.62. The van der Waals surface area contributed by atoms with E-state index in [-0.39, 0.29) is 0 Å². The van der Waals surface area contributed by atoms with Gasteiger partial charge in [-0.1, -0.05) is 20.8 Å². The zero-order valence-electron chi connectivity index (χ0n) is 9.92. The van der Waals surface area contributed by atoms with Crippen LogP contribution in [-0.2, 0) is 12.8 Å². The van der Waals surface area contributed by atoms with Crippen LogP contribution in [0.4, 0.5) is 0 Å². The minimum absolute atomic E-state index is 0.364. The molecule has 2 N–H and O–H groups in total. The Kier molecular flexibility index (Phi) is 2.91. The van der Waals surface area contributed by atoms with Gasteiger partial charge >= 0.3 is 0 Å². The fourth-order valence-electron chi connectivity index (χ4n) is 2.34. The lowest BCUT2D eigenvalue weighted by molar-refractivity contribution is 0.478. The third-order valence-electron chi connectivity index (χ3n) is 3.61. The van der Waals surface area contributed by atoms with Crippen LogP contribution in [0, 0.1) is 11.3 Å². The van der Waals surface area contributed by atoms with E-state index in [1.165, 1.54) is 16.2 Å². The first-order valence-electron chi connectivity index (χ1n) is 5.86. The third-order valence-corrected chi connectivity index (χ3v) is 4.86. The Labute approximate surface area is 96.7 Å². The van der Waals surface area contributed by atoms with Gasteiger partial charge in [0.25, 0.3) is 0 Å². The van der Waals surface area contributed by atoms with Crippen molar-refractivity contribution in [2.24, 2.45) is 17.1 Å². The monoisotopic (exact) mass is 223 g/mol. The van der Waals surface area contributed by atoms with E-state index < -0.39 is 0 Å². The molecule has 1 heterocycles. The molecular formula is C13H21NS. The summed E-state index contributed by atoms with van der Waals surface area (Å²) in [5.41, 5.74) is 6.75. The highest BCUT2D eigenvalue weighted by atomic mass is 32.1. The minimum atomic E-state index is 0.364. The molecule has 2 heteroatoms. The molecule has 0 spiro atoms. The van der Waals surface area contributed by atoms with E-state index in [0.717, 1.165) is 18.8 Å². The lowest BCUT2D eigenvalue weighted by Gasteiger charge is -2.11. The van der Waals surface area contributed by atoms with Gasteiger partial charge in [0.2, 0.25) is 0 Å². The van der Waals surface area contributed by atoms with E-state index in [0.29, 0.717) is 11.5 Å². The van der Waals surface area contributed by atoms with Crippen LogP contribution in [0.1, 0.15) is 36.9 Å². The van der Waals surface area contributed by atoms with Gasteiger partial charge in [0.1, 0.15) is 0 Å². The molecule has 1 aliphatic rings. The topological polar surface area (TPSA) is 26.0 Å². The molecule has 1 saturated carbocycles. The van der Waals surface area contributed by atoms with E-state index in [1.807, 2.05) is 11.3 Å². The summed E-state index contributed by atoms with van der Waals surface area (Å²) in [6, 6.07) is 4.85. The maximum Gasteiger partial charge on any atom is 0.0121 e. The van der Waals surface area contributed by atoms with Gasteiger partial charge in [0, 0.05) is 15.8 Å². The summed E-state index contributed by atoms with van der Waals surface area (Å²) in [6.45, 7) is 6.85. The lowest BCUT2D eigenvalue weighted by Crippen LogP contribution is -2.26. The van der Waals surface area contributed by atoms with Crippen molar-refractivity contribution < 1.29 is 0 Å². The Hall–Kier alpha value is -0.340. The second kappa shape index (κ2) is 3.91. The van der Waals surface area contributed by atoms with Gasteiger partial charge in [-0.25, -0.2) is 0 Å². The quantitative estimate of drug-likeness (QED) is 0.833. The maximum absolute atomic E-state index is 6.24. The van der Waals surface area contributed by atoms with Crippen molar-refractivity contribution in [3.05, 3.63) is 21.9 Å². The molecule has 84 valence electrons. The standard InChI is InChI=1S/C13H21NS/c1-4-9-5-6-10(15-9)7-12(14)11-8-13(11,2)3/h5-6,11-12H,4,7-8,14H2,1-3H3. The molecule has 0 aliphatic heterocycles. The molecular weight excluding hydrogens is 202 g/mol. The summed E-state index contributed by atoms with van der Waals surface area (Å²) in [7, 11) is 0. The molecule has 1 fully saturated rings. The van der Waals surface area contributed by atoms with Gasteiger partial charge < -0.3 is 5.73 Å². The molecule has 0 amide bonds. The van der Waals surface area contributed by atoms with Gasteiger partial charge in [-0.3, -0.25) is 0 Å². The maximum atomic E-state index is 6.24. The zero-order valence-corrected chi connectivity index (χ0v) is 10.7. The van der Waals surface area contributed by atoms with Crippen molar-refractivity contribution in [2.45, 2.75) is 46.1 Å². The van der Waals surface area contributed by atoms with Crippen LogP contribution in [0.3, 0.4) is 0 Å². The molecule has 0 bridgehead atoms. The number of rotatable bonds is 4. The van der Waals surface area contributed by atoms with Crippen molar-refractivity contribution >= 4 is 11.3 Å². The van der Waals surface area contributed by atoms with Gasteiger partial charge in [0.15, 0.2) is 0 Å². The van der Waals surface area contributed by atoms with E-state index >= 15 is 0 Å². The number of thiophene rings is 1. The number of aryl methyl sites for hydroxylation is 1. The predicted octanol–water partition coefficient (Wildman–Crippen LogP) is 3.23. The Morgan fingerprint density at radius 3 is 2.53 bits per heavy atom. The molecule has 2 unspecified atom stereocenters. The van der Waals surface area contributed by atoms with Crippen LogP contribution in [-0.4, -0.2) is 6.04 Å². The lowest BCUT2D eigenvalue weighted by atomic mass is 10.0. The Morgan fingerprint density at radius 2 is 2.07 bits per heavy atom. The molecule has 1 nitrogen and oxygen atoms in total. The largest absolute Gasteiger partial charge is 0.327 e. The van der Waals surface area contributed by atoms with E-state index in [9.17, 15) is 0 Å². The summed E-state index contributed by atoms with van der Waals surface area (Å²) < 4.78 is 0. The molecule has 15 heavy (non-hydrogen) atoms. The summed E-state index contributed by atoms with van der Waals surface area (Å²) in [5.74, 6) is 0.740. The Bertz CT molecular complexity index is 340. The van der Waals surface area contributed by atoms with E-state index in [4.69, 9.17) is 5.73 Å². The highest BCUT2D eigenvalue weighted by Crippen LogP contribution is 2.53. The molecule has 0 saturated heterocycles. The zero-order chi connectivity index (χ0) is 11.1. The van der Waals surface area contributed by atoms with E-state index in [2.05, 4.69) is 32.9 Å². The first-order valence-corrected chi connectivity index (χ1v) is 6.68. The Balaban J connectivity index is 1.92. The highest BCUT2D eigenvalue weighted by molar-refractivity contribution is 7.11. The SMILES string of the molecule is CCc1ccc(CC(N)C2CC2(C)C)s1. The first-order chi connectivity index (χ1) is 7.03. The van der Waals surface area contributed by atoms with Gasteiger partial charge in [-0.2, -0.15) is 0 Å². The van der Waals surface area contributed by atoms with Crippen LogP contribution in [0.25, 0.3) is 0 Å². The van der Waals surface area contributed by atoms with Crippen molar-refractivity contribution in [2.75, 3.05) is 0 Å². The second-order valence-electron chi connectivity index (χ2n) is 5.39. The fraction of sp³-hybridized carbons (Fsp3) is 0.692. The molecule has 1 aromatic rings. The van der Waals surface area contributed by atoms with Crippen molar-refractivity contribution in [1.29, 1.82) is 0 Å². The minimum Gasteiger partial charge on any atom is -0.327 e. The second-order valence-corrected chi connectivity index (χ2v) is 6.64. The normalized spacial score (nSPS) is 25.2. The van der Waals surface area contributed by atoms with Crippen molar-refractivity contribution in [3.8, 4) is 0 Å². The summed E-state index contributed by atoms with van der Waals surface area (Å²) >= 11 is 1.93. The van der Waals surface area contributed by atoms with Gasteiger partial charge in [-0.15, -0.1) is 11.3 Å². The fourth-order valence-corrected chi connectivity index (χ4v) is 3.36. The first kappa shape index (κ1) is 11.2. The van der Waals surface area contributed by atoms with Gasteiger partial charge in [0.05, 0.1) is 0 Å². The molecule has 2 atom stereocenters. The smallest absolute Gasteiger partial charge is 0.0121 e. The highest BCUT2D eigenvalue weighted by Gasteiger charge is 2.48. The summed E-state index contributed by atoms with van der Waals surface area (Å²) in [6.07, 6.45) is 3.52. The van der Waals surface area contributed by atoms with Crippen molar-refractivity contribution in [1.82, 2.24) is 0 Å². The number of hydrogen-bond acceptors (Lipinski definition) is 2. The molecule has 1 aliphatic carbocycles. The van der Waals surface area contributed by atoms with Crippen molar-refractivity contribution in [3.63, 3.8) is 0 Å². The van der Waals surface area contributed by atoms with Gasteiger partial charge in [-0.05, 0) is 42.7 Å². The molecule has 0 radical (unpaired) electrons. The van der Waals surface area contributed by atoms with Crippen LogP contribution in [0.2, 0.25) is 0 Å². The predicted molar refractivity (Wildman–Crippen MR) is 67.3 cm³/mol. The van der Waals surface area contributed by atoms with Crippen LogP contribution in [0.5, 0.6) is 0 Å². The number of hydrogen-bond donors (Lipinski definition) is 1. The molecule has 1 aromatic heterocycles. The average molecular weight is 223 g/mol. The van der Waals surface area contributed by atoms with Crippen LogP contribution >= 0.6 is 11.3 Å². The van der Waals surface area contributed by atoms with Crippen LogP contribution < -0.4 is 5.73 Å². The summed E-state index contributed by atoms with van der Waals surface area (Å²) in [4.78, 5) is 2.94. The third kappa shape index (κ3) is 2.43. The van der Waals surface area contributed by atoms with E-state index in [1.54, 1.807) is 0 Å². The summed E-state index contributed by atoms with van der Waals surface area (Å²) in [5, 5.41) is 0.